The Balaban J connectivity index is 1.43. The maximum Gasteiger partial charge on any atom is 0.257 e. The van der Waals surface area contributed by atoms with Gasteiger partial charge < -0.3 is 9.73 Å². The molecule has 3 aromatic carbocycles. The minimum absolute atomic E-state index is 0.117. The number of halogens is 1. The number of nitrogens with zero attached hydrogens (tertiary/aromatic N) is 1. The minimum atomic E-state index is -0.484. The fourth-order valence-electron chi connectivity index (χ4n) is 3.27. The third-order valence-electron chi connectivity index (χ3n) is 5.30. The van der Waals surface area contributed by atoms with Crippen LogP contribution in [0.5, 0.6) is 0 Å². The number of carbonyl (C=O) groups excluding carboxylic acids is 1. The van der Waals surface area contributed by atoms with Crippen molar-refractivity contribution in [2.75, 3.05) is 5.32 Å². The molecule has 0 aliphatic rings. The van der Waals surface area contributed by atoms with Gasteiger partial charge in [0.05, 0.1) is 0 Å². The van der Waals surface area contributed by atoms with E-state index in [1.54, 1.807) is 0 Å². The number of hydrogen-bond donors (Lipinski definition) is 2. The number of aromatic nitrogens is 1. The summed E-state index contributed by atoms with van der Waals surface area (Å²) in [7, 11) is 0. The van der Waals surface area contributed by atoms with Crippen LogP contribution in [0.1, 0.15) is 42.1 Å². The molecule has 0 bridgehead atoms. The summed E-state index contributed by atoms with van der Waals surface area (Å²) in [5, 5.41) is 5.60. The standard InChI is InChI=1S/C25H22FN3O2S/c1-3-15(2)17-9-12-22-21(14-17)28-24(31-22)16-7-10-20(11-8-16)27-25(32)29-23(30)18-5-4-6-19(26)13-18/h4-15H,3H2,1-2H3,(H2,27,29,30,32). The van der Waals surface area contributed by atoms with E-state index in [-0.39, 0.29) is 10.7 Å². The van der Waals surface area contributed by atoms with E-state index in [1.807, 2.05) is 30.3 Å². The molecule has 0 saturated heterocycles. The number of amides is 1. The van der Waals surface area contributed by atoms with Crippen LogP contribution in [0.2, 0.25) is 0 Å². The molecule has 0 aliphatic heterocycles. The quantitative estimate of drug-likeness (QED) is 0.353. The normalized spacial score (nSPS) is 11.8. The molecule has 5 nitrogen and oxygen atoms in total. The Bertz CT molecular complexity index is 1280. The second-order valence-corrected chi connectivity index (χ2v) is 7.96. The van der Waals surface area contributed by atoms with Crippen molar-refractivity contribution in [1.82, 2.24) is 10.3 Å². The molecule has 1 heterocycles. The fraction of sp³-hybridized carbons (Fsp3) is 0.160. The average Bonchev–Trinajstić information content (AvgIpc) is 3.22. The van der Waals surface area contributed by atoms with E-state index in [9.17, 15) is 9.18 Å². The number of oxazole rings is 1. The number of hydrogen-bond acceptors (Lipinski definition) is 4. The number of nitrogens with one attached hydrogen (secondary N) is 2. The maximum atomic E-state index is 13.3. The van der Waals surface area contributed by atoms with Gasteiger partial charge in [-0.25, -0.2) is 9.37 Å². The summed E-state index contributed by atoms with van der Waals surface area (Å²) in [5.41, 5.74) is 4.53. The number of thiocarbonyl (C=S) groups is 1. The summed E-state index contributed by atoms with van der Waals surface area (Å²) in [6, 6.07) is 18.9. The Morgan fingerprint density at radius 3 is 2.62 bits per heavy atom. The Kier molecular flexibility index (Phi) is 6.28. The van der Waals surface area contributed by atoms with Crippen LogP contribution in [0.25, 0.3) is 22.6 Å². The van der Waals surface area contributed by atoms with E-state index in [1.165, 1.54) is 23.8 Å². The molecule has 2 N–H and O–H groups in total. The van der Waals surface area contributed by atoms with Gasteiger partial charge >= 0.3 is 0 Å². The molecular formula is C25H22FN3O2S. The first-order valence-corrected chi connectivity index (χ1v) is 10.7. The van der Waals surface area contributed by atoms with Gasteiger partial charge in [0.15, 0.2) is 10.7 Å². The van der Waals surface area contributed by atoms with Crippen molar-refractivity contribution in [3.05, 3.63) is 83.7 Å². The Morgan fingerprint density at radius 2 is 1.91 bits per heavy atom. The van der Waals surface area contributed by atoms with Crippen LogP contribution < -0.4 is 10.6 Å². The van der Waals surface area contributed by atoms with E-state index in [4.69, 9.17) is 16.6 Å². The van der Waals surface area contributed by atoms with Crippen molar-refractivity contribution in [2.45, 2.75) is 26.2 Å². The predicted molar refractivity (Wildman–Crippen MR) is 128 cm³/mol. The summed E-state index contributed by atoms with van der Waals surface area (Å²) >= 11 is 5.19. The zero-order chi connectivity index (χ0) is 22.7. The number of fused-ring (bicyclic) bond motifs is 1. The molecule has 7 heteroatoms. The van der Waals surface area contributed by atoms with Crippen LogP contribution >= 0.6 is 12.2 Å². The van der Waals surface area contributed by atoms with Gasteiger partial charge in [-0.05, 0) is 84.7 Å². The molecule has 32 heavy (non-hydrogen) atoms. The SMILES string of the molecule is CCC(C)c1ccc2oc(-c3ccc(NC(=S)NC(=O)c4cccc(F)c4)cc3)nc2c1. The third-order valence-corrected chi connectivity index (χ3v) is 5.50. The highest BCUT2D eigenvalue weighted by molar-refractivity contribution is 7.80. The number of anilines is 1. The van der Waals surface area contributed by atoms with E-state index in [0.717, 1.165) is 29.2 Å². The van der Waals surface area contributed by atoms with Crippen LogP contribution in [-0.2, 0) is 0 Å². The van der Waals surface area contributed by atoms with Gasteiger partial charge in [0.25, 0.3) is 5.91 Å². The van der Waals surface area contributed by atoms with Crippen molar-refractivity contribution >= 4 is 40.0 Å². The van der Waals surface area contributed by atoms with Gasteiger partial charge in [0, 0.05) is 16.8 Å². The highest BCUT2D eigenvalue weighted by atomic mass is 32.1. The lowest BCUT2D eigenvalue weighted by Crippen LogP contribution is -2.34. The molecule has 0 saturated carbocycles. The molecule has 1 aromatic heterocycles. The van der Waals surface area contributed by atoms with Crippen LogP contribution in [-0.4, -0.2) is 16.0 Å². The molecule has 1 atom stereocenters. The molecule has 162 valence electrons. The maximum absolute atomic E-state index is 13.3. The lowest BCUT2D eigenvalue weighted by Gasteiger charge is -2.10. The van der Waals surface area contributed by atoms with Crippen molar-refractivity contribution < 1.29 is 13.6 Å². The first-order valence-electron chi connectivity index (χ1n) is 10.3. The second kappa shape index (κ2) is 9.28. The van der Waals surface area contributed by atoms with Crippen LogP contribution in [0.4, 0.5) is 10.1 Å². The summed E-state index contributed by atoms with van der Waals surface area (Å²) < 4.78 is 19.2. The third kappa shape index (κ3) is 4.84. The van der Waals surface area contributed by atoms with Crippen molar-refractivity contribution in [1.29, 1.82) is 0 Å². The molecule has 1 amide bonds. The highest BCUT2D eigenvalue weighted by Gasteiger charge is 2.12. The monoisotopic (exact) mass is 447 g/mol. The van der Waals surface area contributed by atoms with Crippen LogP contribution in [0, 0.1) is 5.82 Å². The Morgan fingerprint density at radius 1 is 1.12 bits per heavy atom. The summed E-state index contributed by atoms with van der Waals surface area (Å²) in [5.74, 6) is 0.0363. The second-order valence-electron chi connectivity index (χ2n) is 7.55. The molecule has 0 fully saturated rings. The van der Waals surface area contributed by atoms with Gasteiger partial charge in [0.1, 0.15) is 11.3 Å². The van der Waals surface area contributed by atoms with E-state index in [0.29, 0.717) is 17.5 Å². The number of rotatable bonds is 5. The fourth-order valence-corrected chi connectivity index (χ4v) is 3.48. The number of benzene rings is 3. The lowest BCUT2D eigenvalue weighted by atomic mass is 9.98. The molecule has 0 aliphatic carbocycles. The van der Waals surface area contributed by atoms with Crippen LogP contribution in [0.3, 0.4) is 0 Å². The van der Waals surface area contributed by atoms with E-state index < -0.39 is 11.7 Å². The zero-order valence-corrected chi connectivity index (χ0v) is 18.5. The van der Waals surface area contributed by atoms with Crippen LogP contribution in [0.15, 0.2) is 71.1 Å². The Hall–Kier alpha value is -3.58. The predicted octanol–water partition coefficient (Wildman–Crippen LogP) is 6.27. The first-order chi connectivity index (χ1) is 15.4. The topological polar surface area (TPSA) is 67.2 Å². The van der Waals surface area contributed by atoms with E-state index >= 15 is 0 Å². The molecular weight excluding hydrogens is 425 g/mol. The van der Waals surface area contributed by atoms with Gasteiger partial charge in [-0.3, -0.25) is 10.1 Å². The molecule has 1 unspecified atom stereocenters. The summed E-state index contributed by atoms with van der Waals surface area (Å²) in [6.45, 7) is 4.36. The highest BCUT2D eigenvalue weighted by Crippen LogP contribution is 2.28. The zero-order valence-electron chi connectivity index (χ0n) is 17.7. The van der Waals surface area contributed by atoms with E-state index in [2.05, 4.69) is 41.6 Å². The largest absolute Gasteiger partial charge is 0.436 e. The van der Waals surface area contributed by atoms with Crippen molar-refractivity contribution in [3.63, 3.8) is 0 Å². The molecule has 0 spiro atoms. The molecule has 0 radical (unpaired) electrons. The lowest BCUT2D eigenvalue weighted by molar-refractivity contribution is 0.0977. The summed E-state index contributed by atoms with van der Waals surface area (Å²) in [6.07, 6.45) is 1.06. The Labute approximate surface area is 190 Å². The van der Waals surface area contributed by atoms with Crippen molar-refractivity contribution in [3.8, 4) is 11.5 Å². The minimum Gasteiger partial charge on any atom is -0.436 e. The summed E-state index contributed by atoms with van der Waals surface area (Å²) in [4.78, 5) is 16.8. The van der Waals surface area contributed by atoms with Crippen molar-refractivity contribution in [2.24, 2.45) is 0 Å². The first kappa shape index (κ1) is 21.6. The molecule has 4 aromatic rings. The van der Waals surface area contributed by atoms with Gasteiger partial charge in [-0.15, -0.1) is 0 Å². The average molecular weight is 448 g/mol. The molecule has 4 rings (SSSR count). The number of carbonyl (C=O) groups is 1. The smallest absolute Gasteiger partial charge is 0.257 e. The van der Waals surface area contributed by atoms with Gasteiger partial charge in [-0.2, -0.15) is 0 Å². The van der Waals surface area contributed by atoms with Gasteiger partial charge in [0.2, 0.25) is 5.89 Å². The van der Waals surface area contributed by atoms with Gasteiger partial charge in [-0.1, -0.05) is 26.0 Å².